The summed E-state index contributed by atoms with van der Waals surface area (Å²) in [5.74, 6) is -1.30. The first-order valence-electron chi connectivity index (χ1n) is 8.23. The summed E-state index contributed by atoms with van der Waals surface area (Å²) in [6.07, 6.45) is -3.38. The van der Waals surface area contributed by atoms with E-state index in [2.05, 4.69) is 5.32 Å². The molecule has 0 aliphatic carbocycles. The summed E-state index contributed by atoms with van der Waals surface area (Å²) in [4.78, 5) is 12.2. The van der Waals surface area contributed by atoms with Gasteiger partial charge in [-0.25, -0.2) is 4.39 Å². The standard InChI is InChI=1S/C21H12F4N2O2/c22-17-6-1-2-7-18(17)27-20(28)14(12-26)11-16-8-9-19(29-16)13-4-3-5-15(10-13)21(23,24)25/h1-11H,(H,27,28). The van der Waals surface area contributed by atoms with Crippen LogP contribution < -0.4 is 5.32 Å². The SMILES string of the molecule is N#CC(=Cc1ccc(-c2cccc(C(F)(F)F)c2)o1)C(=O)Nc1ccccc1F. The highest BCUT2D eigenvalue weighted by Crippen LogP contribution is 2.32. The van der Waals surface area contributed by atoms with Crippen LogP contribution in [0.3, 0.4) is 0 Å². The number of carbonyl (C=O) groups excluding carboxylic acids is 1. The van der Waals surface area contributed by atoms with Crippen molar-refractivity contribution in [3.8, 4) is 17.4 Å². The van der Waals surface area contributed by atoms with Gasteiger partial charge < -0.3 is 9.73 Å². The van der Waals surface area contributed by atoms with Crippen molar-refractivity contribution in [1.29, 1.82) is 5.26 Å². The lowest BCUT2D eigenvalue weighted by Gasteiger charge is -2.07. The molecule has 0 spiro atoms. The zero-order valence-corrected chi connectivity index (χ0v) is 14.6. The molecule has 146 valence electrons. The van der Waals surface area contributed by atoms with E-state index >= 15 is 0 Å². The van der Waals surface area contributed by atoms with E-state index in [9.17, 15) is 27.6 Å². The molecule has 1 heterocycles. The number of hydrogen-bond donors (Lipinski definition) is 1. The highest BCUT2D eigenvalue weighted by Gasteiger charge is 2.30. The second-order valence-electron chi connectivity index (χ2n) is 5.88. The van der Waals surface area contributed by atoms with Gasteiger partial charge in [0.2, 0.25) is 0 Å². The summed E-state index contributed by atoms with van der Waals surface area (Å²) >= 11 is 0. The summed E-state index contributed by atoms with van der Waals surface area (Å²) in [6, 6.07) is 14.5. The van der Waals surface area contributed by atoms with E-state index < -0.39 is 23.5 Å². The predicted molar refractivity (Wildman–Crippen MR) is 97.8 cm³/mol. The van der Waals surface area contributed by atoms with Gasteiger partial charge in [0, 0.05) is 11.6 Å². The number of amides is 1. The van der Waals surface area contributed by atoms with Crippen molar-refractivity contribution in [1.82, 2.24) is 0 Å². The monoisotopic (exact) mass is 400 g/mol. The first-order valence-corrected chi connectivity index (χ1v) is 8.23. The Morgan fingerprint density at radius 2 is 1.83 bits per heavy atom. The minimum absolute atomic E-state index is 0.0812. The molecular weight excluding hydrogens is 388 g/mol. The zero-order valence-electron chi connectivity index (χ0n) is 14.6. The number of nitriles is 1. The van der Waals surface area contributed by atoms with E-state index in [1.54, 1.807) is 6.07 Å². The third-order valence-corrected chi connectivity index (χ3v) is 3.87. The highest BCUT2D eigenvalue weighted by atomic mass is 19.4. The third kappa shape index (κ3) is 4.71. The lowest BCUT2D eigenvalue weighted by atomic mass is 10.1. The van der Waals surface area contributed by atoms with E-state index in [1.807, 2.05) is 0 Å². The molecule has 1 amide bonds. The molecule has 2 aromatic carbocycles. The van der Waals surface area contributed by atoms with Crippen LogP contribution in [-0.4, -0.2) is 5.91 Å². The molecular formula is C21H12F4N2O2. The normalized spacial score (nSPS) is 11.8. The van der Waals surface area contributed by atoms with Gasteiger partial charge in [0.1, 0.15) is 29.0 Å². The van der Waals surface area contributed by atoms with Gasteiger partial charge in [-0.3, -0.25) is 4.79 Å². The maximum atomic E-state index is 13.6. The molecule has 3 aromatic rings. The molecule has 0 aliphatic rings. The number of benzene rings is 2. The van der Waals surface area contributed by atoms with E-state index in [4.69, 9.17) is 4.42 Å². The van der Waals surface area contributed by atoms with Crippen molar-refractivity contribution in [2.75, 3.05) is 5.32 Å². The fraction of sp³-hybridized carbons (Fsp3) is 0.0476. The van der Waals surface area contributed by atoms with Crippen LogP contribution in [0.5, 0.6) is 0 Å². The first kappa shape index (κ1) is 19.9. The number of alkyl halides is 3. The largest absolute Gasteiger partial charge is 0.457 e. The number of halogens is 4. The molecule has 0 fully saturated rings. The molecule has 0 unspecified atom stereocenters. The zero-order chi connectivity index (χ0) is 21.0. The summed E-state index contributed by atoms with van der Waals surface area (Å²) < 4.78 is 57.6. The second-order valence-corrected chi connectivity index (χ2v) is 5.88. The van der Waals surface area contributed by atoms with Gasteiger partial charge >= 0.3 is 6.18 Å². The van der Waals surface area contributed by atoms with Crippen LogP contribution in [-0.2, 0) is 11.0 Å². The maximum absolute atomic E-state index is 13.6. The van der Waals surface area contributed by atoms with Crippen molar-refractivity contribution in [3.63, 3.8) is 0 Å². The number of nitrogens with one attached hydrogen (secondary N) is 1. The fourth-order valence-corrected chi connectivity index (χ4v) is 2.48. The molecule has 1 N–H and O–H groups in total. The van der Waals surface area contributed by atoms with Crippen LogP contribution >= 0.6 is 0 Å². The van der Waals surface area contributed by atoms with Gasteiger partial charge in [-0.2, -0.15) is 18.4 Å². The molecule has 0 atom stereocenters. The summed E-state index contributed by atoms with van der Waals surface area (Å²) in [5, 5.41) is 11.5. The minimum Gasteiger partial charge on any atom is -0.457 e. The van der Waals surface area contributed by atoms with Gasteiger partial charge in [0.25, 0.3) is 5.91 Å². The Hall–Kier alpha value is -3.86. The van der Waals surface area contributed by atoms with Crippen LogP contribution in [0.15, 0.2) is 70.7 Å². The molecule has 29 heavy (non-hydrogen) atoms. The molecule has 4 nitrogen and oxygen atoms in total. The van der Waals surface area contributed by atoms with Crippen molar-refractivity contribution < 1.29 is 26.8 Å². The topological polar surface area (TPSA) is 66.0 Å². The van der Waals surface area contributed by atoms with E-state index in [-0.39, 0.29) is 28.3 Å². The first-order chi connectivity index (χ1) is 13.8. The van der Waals surface area contributed by atoms with E-state index in [0.717, 1.165) is 24.3 Å². The number of para-hydroxylation sites is 1. The quantitative estimate of drug-likeness (QED) is 0.350. The average molecular weight is 400 g/mol. The number of anilines is 1. The van der Waals surface area contributed by atoms with Gasteiger partial charge in [-0.15, -0.1) is 0 Å². The summed E-state index contributed by atoms with van der Waals surface area (Å²) in [7, 11) is 0. The molecule has 0 aliphatic heterocycles. The Labute approximate surface area is 162 Å². The number of furan rings is 1. The molecule has 8 heteroatoms. The van der Waals surface area contributed by atoms with Gasteiger partial charge in [-0.05, 0) is 36.4 Å². The summed E-state index contributed by atoms with van der Waals surface area (Å²) in [6.45, 7) is 0. The Bertz CT molecular complexity index is 1120. The summed E-state index contributed by atoms with van der Waals surface area (Å²) in [5.41, 5.74) is -1.10. The Balaban J connectivity index is 1.84. The predicted octanol–water partition coefficient (Wildman–Crippen LogP) is 5.65. The number of nitrogens with zero attached hydrogens (tertiary/aromatic N) is 1. The third-order valence-electron chi connectivity index (χ3n) is 3.87. The van der Waals surface area contributed by atoms with Crippen molar-refractivity contribution in [2.24, 2.45) is 0 Å². The van der Waals surface area contributed by atoms with Crippen LogP contribution in [0.4, 0.5) is 23.2 Å². The lowest BCUT2D eigenvalue weighted by molar-refractivity contribution is -0.137. The smallest absolute Gasteiger partial charge is 0.416 e. The number of carbonyl (C=O) groups is 1. The van der Waals surface area contributed by atoms with Crippen LogP contribution in [0.1, 0.15) is 11.3 Å². The number of hydrogen-bond acceptors (Lipinski definition) is 3. The number of rotatable bonds is 4. The average Bonchev–Trinajstić information content (AvgIpc) is 3.16. The molecule has 0 radical (unpaired) electrons. The van der Waals surface area contributed by atoms with Crippen LogP contribution in [0.25, 0.3) is 17.4 Å². The van der Waals surface area contributed by atoms with Crippen molar-refractivity contribution in [3.05, 3.63) is 83.4 Å². The van der Waals surface area contributed by atoms with E-state index in [0.29, 0.717) is 0 Å². The molecule has 0 bridgehead atoms. The van der Waals surface area contributed by atoms with Crippen molar-refractivity contribution >= 4 is 17.7 Å². The molecule has 3 rings (SSSR count). The highest BCUT2D eigenvalue weighted by molar-refractivity contribution is 6.09. The Kier molecular flexibility index (Phi) is 5.50. The second kappa shape index (κ2) is 8.02. The maximum Gasteiger partial charge on any atom is 0.416 e. The van der Waals surface area contributed by atoms with Gasteiger partial charge in [0.15, 0.2) is 0 Å². The van der Waals surface area contributed by atoms with Crippen LogP contribution in [0, 0.1) is 17.1 Å². The fourth-order valence-electron chi connectivity index (χ4n) is 2.48. The van der Waals surface area contributed by atoms with Crippen molar-refractivity contribution in [2.45, 2.75) is 6.18 Å². The lowest BCUT2D eigenvalue weighted by Crippen LogP contribution is -2.14. The molecule has 0 saturated carbocycles. The van der Waals surface area contributed by atoms with Gasteiger partial charge in [-0.1, -0.05) is 24.3 Å². The van der Waals surface area contributed by atoms with E-state index in [1.165, 1.54) is 42.5 Å². The van der Waals surface area contributed by atoms with Crippen LogP contribution in [0.2, 0.25) is 0 Å². The molecule has 1 aromatic heterocycles. The Morgan fingerprint density at radius 3 is 2.52 bits per heavy atom. The Morgan fingerprint density at radius 1 is 1.07 bits per heavy atom. The minimum atomic E-state index is -4.50. The molecule has 0 saturated heterocycles. The van der Waals surface area contributed by atoms with Gasteiger partial charge in [0.05, 0.1) is 11.3 Å².